The van der Waals surface area contributed by atoms with Gasteiger partial charge in [0.05, 0.1) is 13.1 Å². The maximum absolute atomic E-state index is 13.6. The van der Waals surface area contributed by atoms with E-state index in [1.165, 1.54) is 13.1 Å². The van der Waals surface area contributed by atoms with Gasteiger partial charge >= 0.3 is 23.6 Å². The summed E-state index contributed by atoms with van der Waals surface area (Å²) in [6.45, 7) is 3.40. The first-order valence-corrected chi connectivity index (χ1v) is 13.2. The van der Waals surface area contributed by atoms with Gasteiger partial charge in [-0.25, -0.2) is 9.48 Å². The molecule has 14 nitrogen and oxygen atoms in total. The van der Waals surface area contributed by atoms with Gasteiger partial charge in [-0.15, -0.1) is 5.10 Å². The molecule has 0 spiro atoms. The molecule has 2 aromatic heterocycles. The van der Waals surface area contributed by atoms with E-state index >= 15 is 0 Å². The van der Waals surface area contributed by atoms with E-state index in [2.05, 4.69) is 10.3 Å². The molecule has 1 aliphatic heterocycles. The maximum atomic E-state index is 13.6. The number of benzene rings is 1. The molecule has 4 atom stereocenters. The smallest absolute Gasteiger partial charge is 0.333 e. The Hall–Kier alpha value is -3.86. The van der Waals surface area contributed by atoms with Crippen molar-refractivity contribution in [2.75, 3.05) is 6.61 Å². The van der Waals surface area contributed by atoms with E-state index in [1.54, 1.807) is 4.68 Å². The third-order valence-electron chi connectivity index (χ3n) is 5.93. The van der Waals surface area contributed by atoms with Crippen LogP contribution in [0.1, 0.15) is 38.3 Å². The van der Waals surface area contributed by atoms with Crippen LogP contribution in [0.5, 0.6) is 0 Å². The van der Waals surface area contributed by atoms with E-state index in [4.69, 9.17) is 18.9 Å². The van der Waals surface area contributed by atoms with E-state index in [0.29, 0.717) is 15.9 Å². The Labute approximate surface area is 240 Å². The minimum Gasteiger partial charge on any atom is -0.463 e. The number of rotatable bonds is 9. The molecule has 40 heavy (non-hydrogen) atoms. The lowest BCUT2D eigenvalue weighted by molar-refractivity contribution is -0.166. The zero-order valence-electron chi connectivity index (χ0n) is 21.8. The van der Waals surface area contributed by atoms with Crippen LogP contribution < -0.4 is 11.2 Å². The molecule has 15 heteroatoms. The maximum Gasteiger partial charge on any atom is 0.333 e. The molecule has 1 fully saturated rings. The monoisotopic (exact) mass is 667 g/mol. The van der Waals surface area contributed by atoms with Gasteiger partial charge in [0.1, 0.15) is 22.1 Å². The highest BCUT2D eigenvalue weighted by atomic mass is 127. The first kappa shape index (κ1) is 29.1. The molecule has 212 valence electrons. The predicted octanol–water partition coefficient (Wildman–Crippen LogP) is 0.627. The number of nitrogens with zero attached hydrogens (tertiary/aromatic N) is 5. The fraction of sp³-hybridized carbons (Fsp3) is 0.400. The second-order valence-corrected chi connectivity index (χ2v) is 9.94. The molecule has 3 heterocycles. The standard InChI is InChI=1S/C25H26IN5O9/c1-14(32)37-13-19-21(38-15(2)33)22(39-16(3)34)24(40-19)29-10-9-20(35)30(25(29)36)12-18-23(26)31(28-27-18)11-17-7-5-4-6-8-17/h4-10,19,21-22,24H,11-13H2,1-3H3/t19-,21-,22-,24-/m1/s1. The predicted molar refractivity (Wildman–Crippen MR) is 144 cm³/mol. The molecule has 4 rings (SSSR count). The number of hydrogen-bond donors (Lipinski definition) is 0. The lowest BCUT2D eigenvalue weighted by atomic mass is 10.1. The van der Waals surface area contributed by atoms with Crippen molar-refractivity contribution < 1.29 is 33.3 Å². The fourth-order valence-corrected chi connectivity index (χ4v) is 4.77. The Morgan fingerprint density at radius 2 is 1.62 bits per heavy atom. The number of hydrogen-bond acceptors (Lipinski definition) is 11. The summed E-state index contributed by atoms with van der Waals surface area (Å²) in [5.74, 6) is -2.04. The van der Waals surface area contributed by atoms with Crippen LogP contribution in [0.25, 0.3) is 0 Å². The summed E-state index contributed by atoms with van der Waals surface area (Å²) in [5, 5.41) is 8.32. The molecule has 0 radical (unpaired) electrons. The number of esters is 3. The van der Waals surface area contributed by atoms with Gasteiger partial charge in [0.15, 0.2) is 18.4 Å². The Kier molecular flexibility index (Phi) is 9.14. The quantitative estimate of drug-likeness (QED) is 0.179. The molecule has 0 amide bonds. The molecule has 1 aromatic carbocycles. The average Bonchev–Trinajstić information content (AvgIpc) is 3.40. The minimum atomic E-state index is -1.30. The van der Waals surface area contributed by atoms with E-state index in [-0.39, 0.29) is 13.2 Å². The van der Waals surface area contributed by atoms with E-state index in [9.17, 15) is 24.0 Å². The van der Waals surface area contributed by atoms with Crippen LogP contribution in [0, 0.1) is 3.70 Å². The van der Waals surface area contributed by atoms with Crippen LogP contribution >= 0.6 is 22.6 Å². The van der Waals surface area contributed by atoms with Crippen molar-refractivity contribution in [1.82, 2.24) is 24.1 Å². The number of carbonyl (C=O) groups excluding carboxylic acids is 3. The van der Waals surface area contributed by atoms with Gasteiger partial charge in [-0.2, -0.15) is 0 Å². The Morgan fingerprint density at radius 3 is 2.27 bits per heavy atom. The van der Waals surface area contributed by atoms with E-state index < -0.39 is 53.7 Å². The first-order valence-electron chi connectivity index (χ1n) is 12.1. The zero-order valence-corrected chi connectivity index (χ0v) is 23.9. The number of ether oxygens (including phenoxy) is 4. The van der Waals surface area contributed by atoms with Crippen LogP contribution in [0.3, 0.4) is 0 Å². The summed E-state index contributed by atoms with van der Waals surface area (Å²) >= 11 is 2.05. The lowest BCUT2D eigenvalue weighted by Gasteiger charge is -2.24. The highest BCUT2D eigenvalue weighted by Gasteiger charge is 2.51. The Bertz CT molecular complexity index is 1520. The normalized spacial score (nSPS) is 20.2. The molecule has 3 aromatic rings. The van der Waals surface area contributed by atoms with Crippen molar-refractivity contribution in [3.8, 4) is 0 Å². The minimum absolute atomic E-state index is 0.194. The van der Waals surface area contributed by atoms with Crippen molar-refractivity contribution in [3.63, 3.8) is 0 Å². The van der Waals surface area contributed by atoms with Crippen LogP contribution in [0.2, 0.25) is 0 Å². The molecular weight excluding hydrogens is 641 g/mol. The fourth-order valence-electron chi connectivity index (χ4n) is 4.23. The Morgan fingerprint density at radius 1 is 0.950 bits per heavy atom. The van der Waals surface area contributed by atoms with Gasteiger partial charge in [0.2, 0.25) is 0 Å². The van der Waals surface area contributed by atoms with Crippen molar-refractivity contribution in [3.05, 3.63) is 78.4 Å². The number of aromatic nitrogens is 5. The van der Waals surface area contributed by atoms with Crippen LogP contribution in [-0.2, 0) is 46.4 Å². The topological polar surface area (TPSA) is 163 Å². The second-order valence-electron chi connectivity index (χ2n) is 8.92. The van der Waals surface area contributed by atoms with Crippen molar-refractivity contribution in [2.24, 2.45) is 0 Å². The third kappa shape index (κ3) is 6.64. The molecule has 1 aliphatic rings. The van der Waals surface area contributed by atoms with E-state index in [0.717, 1.165) is 34.6 Å². The largest absolute Gasteiger partial charge is 0.463 e. The highest BCUT2D eigenvalue weighted by molar-refractivity contribution is 14.1. The van der Waals surface area contributed by atoms with Crippen molar-refractivity contribution in [1.29, 1.82) is 0 Å². The summed E-state index contributed by atoms with van der Waals surface area (Å²) in [6, 6.07) is 10.7. The summed E-state index contributed by atoms with van der Waals surface area (Å²) in [7, 11) is 0. The molecule has 0 saturated carbocycles. The van der Waals surface area contributed by atoms with Crippen molar-refractivity contribution >= 4 is 40.5 Å². The van der Waals surface area contributed by atoms with Gasteiger partial charge in [-0.05, 0) is 28.2 Å². The Balaban J connectivity index is 1.67. The molecular formula is C25H26IN5O9. The summed E-state index contributed by atoms with van der Waals surface area (Å²) in [5.41, 5.74) is -0.0121. The van der Waals surface area contributed by atoms with Gasteiger partial charge in [-0.3, -0.25) is 28.3 Å². The molecule has 0 unspecified atom stereocenters. The SMILES string of the molecule is CC(=O)OC[C@H]1O[C@@H](n2ccc(=O)n(Cc3nnn(Cc4ccccc4)c3I)c2=O)[C@H](OC(C)=O)[C@@H]1OC(C)=O. The third-order valence-corrected chi connectivity index (χ3v) is 7.11. The van der Waals surface area contributed by atoms with Gasteiger partial charge in [0, 0.05) is 33.0 Å². The van der Waals surface area contributed by atoms with Crippen molar-refractivity contribution in [2.45, 2.75) is 58.4 Å². The average molecular weight is 667 g/mol. The summed E-state index contributed by atoms with van der Waals surface area (Å²) in [4.78, 5) is 61.5. The molecule has 1 saturated heterocycles. The number of carbonyl (C=O) groups is 3. The zero-order chi connectivity index (χ0) is 29.0. The first-order chi connectivity index (χ1) is 19.0. The lowest BCUT2D eigenvalue weighted by Crippen LogP contribution is -2.45. The van der Waals surface area contributed by atoms with Crippen LogP contribution in [0.15, 0.2) is 52.2 Å². The van der Waals surface area contributed by atoms with Crippen LogP contribution in [0.4, 0.5) is 0 Å². The second kappa shape index (κ2) is 12.5. The summed E-state index contributed by atoms with van der Waals surface area (Å²) in [6.07, 6.45) is -3.65. The molecule has 0 aliphatic carbocycles. The molecule has 0 bridgehead atoms. The van der Waals surface area contributed by atoms with Gasteiger partial charge in [-0.1, -0.05) is 35.5 Å². The van der Waals surface area contributed by atoms with Gasteiger partial charge < -0.3 is 18.9 Å². The summed E-state index contributed by atoms with van der Waals surface area (Å²) < 4.78 is 26.0. The van der Waals surface area contributed by atoms with Crippen LogP contribution in [-0.4, -0.2) is 67.0 Å². The number of halogens is 1. The molecule has 0 N–H and O–H groups in total. The highest BCUT2D eigenvalue weighted by Crippen LogP contribution is 2.33. The van der Waals surface area contributed by atoms with Gasteiger partial charge in [0.25, 0.3) is 5.56 Å². The van der Waals surface area contributed by atoms with E-state index in [1.807, 2.05) is 52.9 Å².